The number of aromatic nitrogens is 3. The second-order valence-electron chi connectivity index (χ2n) is 6.72. The Morgan fingerprint density at radius 1 is 1.16 bits per heavy atom. The molecule has 4 rings (SSSR count). The number of nitrogens with one attached hydrogen (secondary N) is 1. The van der Waals surface area contributed by atoms with Gasteiger partial charge in [0.05, 0.1) is 11.9 Å². The molecule has 2 heterocycles. The minimum atomic E-state index is 0.173. The highest BCUT2D eigenvalue weighted by atomic mass is 15.3. The molecule has 5 heteroatoms. The number of nitrogens with two attached hydrogens (primary N) is 1. The first-order valence-corrected chi connectivity index (χ1v) is 8.79. The molecule has 0 saturated carbocycles. The zero-order valence-electron chi connectivity index (χ0n) is 14.4. The predicted molar refractivity (Wildman–Crippen MR) is 101 cm³/mol. The SMILES string of the molecule is Cn1cc(Nc2cc(-c3ccc4c(c3)CCCC[C@H]4N)ccn2)cn1. The number of pyridine rings is 1. The summed E-state index contributed by atoms with van der Waals surface area (Å²) in [6.07, 6.45) is 10.2. The van der Waals surface area contributed by atoms with Gasteiger partial charge in [-0.3, -0.25) is 4.68 Å². The maximum Gasteiger partial charge on any atom is 0.130 e. The topological polar surface area (TPSA) is 68.8 Å². The van der Waals surface area contributed by atoms with Crippen molar-refractivity contribution in [3.8, 4) is 11.1 Å². The lowest BCUT2D eigenvalue weighted by atomic mass is 9.95. The van der Waals surface area contributed by atoms with Crippen LogP contribution in [-0.4, -0.2) is 14.8 Å². The summed E-state index contributed by atoms with van der Waals surface area (Å²) >= 11 is 0. The van der Waals surface area contributed by atoms with Crippen LogP contribution in [0.1, 0.15) is 36.4 Å². The summed E-state index contributed by atoms with van der Waals surface area (Å²) < 4.78 is 1.77. The van der Waals surface area contributed by atoms with Crippen molar-refractivity contribution in [3.05, 3.63) is 60.0 Å². The maximum absolute atomic E-state index is 6.32. The number of anilines is 2. The molecule has 0 amide bonds. The fraction of sp³-hybridized carbons (Fsp3) is 0.300. The smallest absolute Gasteiger partial charge is 0.130 e. The van der Waals surface area contributed by atoms with Gasteiger partial charge in [0, 0.05) is 25.5 Å². The average Bonchev–Trinajstić information content (AvgIpc) is 2.93. The van der Waals surface area contributed by atoms with Crippen LogP contribution in [-0.2, 0) is 13.5 Å². The van der Waals surface area contributed by atoms with E-state index < -0.39 is 0 Å². The van der Waals surface area contributed by atoms with Gasteiger partial charge in [-0.15, -0.1) is 0 Å². The number of hydrogen-bond acceptors (Lipinski definition) is 4. The summed E-state index contributed by atoms with van der Waals surface area (Å²) in [7, 11) is 1.90. The number of fused-ring (bicyclic) bond motifs is 1. The molecular weight excluding hydrogens is 310 g/mol. The van der Waals surface area contributed by atoms with Crippen molar-refractivity contribution in [1.82, 2.24) is 14.8 Å². The molecule has 3 aromatic rings. The molecule has 1 aliphatic rings. The maximum atomic E-state index is 6.32. The number of hydrogen-bond donors (Lipinski definition) is 2. The predicted octanol–water partition coefficient (Wildman–Crippen LogP) is 3.95. The number of nitrogens with zero attached hydrogens (tertiary/aromatic N) is 3. The van der Waals surface area contributed by atoms with Crippen LogP contribution in [0.5, 0.6) is 0 Å². The molecule has 0 fully saturated rings. The van der Waals surface area contributed by atoms with Crippen LogP contribution in [0.25, 0.3) is 11.1 Å². The van der Waals surface area contributed by atoms with E-state index in [1.807, 2.05) is 25.5 Å². The molecule has 0 saturated heterocycles. The Kier molecular flexibility index (Phi) is 4.24. The number of aryl methyl sites for hydroxylation is 2. The second kappa shape index (κ2) is 6.69. The third-order valence-electron chi connectivity index (χ3n) is 4.82. The minimum absolute atomic E-state index is 0.173. The number of rotatable bonds is 3. The first-order chi connectivity index (χ1) is 12.2. The van der Waals surface area contributed by atoms with E-state index in [0.717, 1.165) is 29.9 Å². The van der Waals surface area contributed by atoms with Gasteiger partial charge in [0.25, 0.3) is 0 Å². The molecule has 0 bridgehead atoms. The van der Waals surface area contributed by atoms with E-state index in [0.29, 0.717) is 0 Å². The molecule has 5 nitrogen and oxygen atoms in total. The quantitative estimate of drug-likeness (QED) is 0.712. The van der Waals surface area contributed by atoms with Crippen LogP contribution in [0.4, 0.5) is 11.5 Å². The molecule has 1 aliphatic carbocycles. The minimum Gasteiger partial charge on any atom is -0.338 e. The van der Waals surface area contributed by atoms with Gasteiger partial charge in [-0.2, -0.15) is 5.10 Å². The average molecular weight is 333 g/mol. The van der Waals surface area contributed by atoms with E-state index in [4.69, 9.17) is 5.73 Å². The fourth-order valence-electron chi connectivity index (χ4n) is 3.51. The largest absolute Gasteiger partial charge is 0.338 e. The summed E-state index contributed by atoms with van der Waals surface area (Å²) in [5.74, 6) is 0.817. The molecule has 0 unspecified atom stereocenters. The molecule has 3 N–H and O–H groups in total. The highest BCUT2D eigenvalue weighted by molar-refractivity contribution is 5.69. The van der Waals surface area contributed by atoms with Crippen molar-refractivity contribution < 1.29 is 0 Å². The molecule has 0 spiro atoms. The first-order valence-electron chi connectivity index (χ1n) is 8.79. The van der Waals surface area contributed by atoms with E-state index in [2.05, 4.69) is 39.7 Å². The van der Waals surface area contributed by atoms with Crippen LogP contribution in [0.3, 0.4) is 0 Å². The van der Waals surface area contributed by atoms with Crippen molar-refractivity contribution in [2.45, 2.75) is 31.7 Å². The third kappa shape index (κ3) is 3.42. The third-order valence-corrected chi connectivity index (χ3v) is 4.82. The van der Waals surface area contributed by atoms with Crippen LogP contribution in [0.2, 0.25) is 0 Å². The summed E-state index contributed by atoms with van der Waals surface area (Å²) in [6, 6.07) is 11.0. The van der Waals surface area contributed by atoms with Gasteiger partial charge in [-0.05, 0) is 53.6 Å². The van der Waals surface area contributed by atoms with Crippen molar-refractivity contribution in [2.24, 2.45) is 12.8 Å². The van der Waals surface area contributed by atoms with Gasteiger partial charge in [-0.25, -0.2) is 4.98 Å². The molecule has 1 atom stereocenters. The Bertz CT molecular complexity index is 883. The van der Waals surface area contributed by atoms with Gasteiger partial charge in [-0.1, -0.05) is 24.6 Å². The molecule has 0 aliphatic heterocycles. The van der Waals surface area contributed by atoms with Gasteiger partial charge in [0.2, 0.25) is 0 Å². The molecule has 1 aromatic carbocycles. The van der Waals surface area contributed by atoms with E-state index in [-0.39, 0.29) is 6.04 Å². The van der Waals surface area contributed by atoms with Crippen LogP contribution in [0.15, 0.2) is 48.9 Å². The molecule has 2 aromatic heterocycles. The molecule has 25 heavy (non-hydrogen) atoms. The monoisotopic (exact) mass is 333 g/mol. The van der Waals surface area contributed by atoms with Crippen LogP contribution in [0, 0.1) is 0 Å². The van der Waals surface area contributed by atoms with Crippen molar-refractivity contribution in [1.29, 1.82) is 0 Å². The standard InChI is InChI=1S/C20H23N5/c1-25-13-17(12-23-25)24-20-11-15(8-9-22-20)14-6-7-18-16(10-14)4-2-3-5-19(18)21/h6-13,19H,2-5,21H2,1H3,(H,22,24)/t19-/m1/s1. The van der Waals surface area contributed by atoms with E-state index >= 15 is 0 Å². The first kappa shape index (κ1) is 15.8. The molecular formula is C20H23N5. The summed E-state index contributed by atoms with van der Waals surface area (Å²) in [5.41, 5.74) is 12.3. The highest BCUT2D eigenvalue weighted by Crippen LogP contribution is 2.31. The summed E-state index contributed by atoms with van der Waals surface area (Å²) in [6.45, 7) is 0. The molecule has 128 valence electrons. The Morgan fingerprint density at radius 3 is 2.88 bits per heavy atom. The van der Waals surface area contributed by atoms with E-state index in [1.54, 1.807) is 10.9 Å². The van der Waals surface area contributed by atoms with Crippen molar-refractivity contribution in [3.63, 3.8) is 0 Å². The van der Waals surface area contributed by atoms with Gasteiger partial charge < -0.3 is 11.1 Å². The molecule has 0 radical (unpaired) electrons. The zero-order chi connectivity index (χ0) is 17.2. The Balaban J connectivity index is 1.63. The Labute approximate surface area is 147 Å². The lowest BCUT2D eigenvalue weighted by Crippen LogP contribution is -2.10. The van der Waals surface area contributed by atoms with Gasteiger partial charge in [0.1, 0.15) is 5.82 Å². The Hall–Kier alpha value is -2.66. The lowest BCUT2D eigenvalue weighted by molar-refractivity contribution is 0.615. The number of benzene rings is 1. The van der Waals surface area contributed by atoms with E-state index in [9.17, 15) is 0 Å². The van der Waals surface area contributed by atoms with Gasteiger partial charge in [0.15, 0.2) is 0 Å². The second-order valence-corrected chi connectivity index (χ2v) is 6.72. The van der Waals surface area contributed by atoms with Crippen molar-refractivity contribution >= 4 is 11.5 Å². The normalized spacial score (nSPS) is 17.0. The zero-order valence-corrected chi connectivity index (χ0v) is 14.4. The summed E-state index contributed by atoms with van der Waals surface area (Å²) in [4.78, 5) is 4.42. The summed E-state index contributed by atoms with van der Waals surface area (Å²) in [5, 5.41) is 7.47. The van der Waals surface area contributed by atoms with Crippen LogP contribution >= 0.6 is 0 Å². The van der Waals surface area contributed by atoms with E-state index in [1.165, 1.54) is 29.5 Å². The van der Waals surface area contributed by atoms with Crippen molar-refractivity contribution in [2.75, 3.05) is 5.32 Å². The fourth-order valence-corrected chi connectivity index (χ4v) is 3.51. The highest BCUT2D eigenvalue weighted by Gasteiger charge is 2.15. The lowest BCUT2D eigenvalue weighted by Gasteiger charge is -2.14. The van der Waals surface area contributed by atoms with Gasteiger partial charge >= 0.3 is 0 Å². The Morgan fingerprint density at radius 2 is 2.04 bits per heavy atom. The van der Waals surface area contributed by atoms with Crippen LogP contribution < -0.4 is 11.1 Å².